The number of rotatable bonds is 4. The van der Waals surface area contributed by atoms with Crippen molar-refractivity contribution in [2.24, 2.45) is 5.92 Å². The van der Waals surface area contributed by atoms with E-state index in [9.17, 15) is 19.8 Å². The van der Waals surface area contributed by atoms with Crippen molar-refractivity contribution in [3.8, 4) is 17.5 Å². The van der Waals surface area contributed by atoms with Gasteiger partial charge in [-0.15, -0.1) is 4.73 Å². The van der Waals surface area contributed by atoms with E-state index in [1.807, 2.05) is 0 Å². The molecular formula is C16H15NO6. The number of carbonyl (C=O) groups excluding carboxylic acids is 2. The van der Waals surface area contributed by atoms with Crippen LogP contribution in [0.25, 0.3) is 0 Å². The fourth-order valence-electron chi connectivity index (χ4n) is 2.43. The summed E-state index contributed by atoms with van der Waals surface area (Å²) in [5.74, 6) is -1.50. The maximum atomic E-state index is 12.0. The quantitative estimate of drug-likeness (QED) is 0.656. The number of nitrogens with zero attached hydrogens (tertiary/aromatic N) is 1. The van der Waals surface area contributed by atoms with Crippen LogP contribution in [0.5, 0.6) is 17.5 Å². The van der Waals surface area contributed by atoms with E-state index in [0.29, 0.717) is 16.9 Å². The summed E-state index contributed by atoms with van der Waals surface area (Å²) in [7, 11) is 0. The summed E-state index contributed by atoms with van der Waals surface area (Å²) in [5, 5.41) is 18.9. The SMILES string of the molecule is CC(=O)Oc1ccc(C2CC2C(=O)On2c(O)ccc2O)cc1. The highest BCUT2D eigenvalue weighted by molar-refractivity contribution is 5.78. The fraction of sp³-hybridized carbons (Fsp3) is 0.250. The minimum Gasteiger partial charge on any atom is -0.492 e. The monoisotopic (exact) mass is 317 g/mol. The molecule has 2 atom stereocenters. The van der Waals surface area contributed by atoms with Crippen molar-refractivity contribution >= 4 is 11.9 Å². The van der Waals surface area contributed by atoms with Crippen LogP contribution in [-0.4, -0.2) is 26.9 Å². The molecule has 1 aromatic carbocycles. The second-order valence-corrected chi connectivity index (χ2v) is 5.37. The first-order valence-corrected chi connectivity index (χ1v) is 7.06. The average molecular weight is 317 g/mol. The summed E-state index contributed by atoms with van der Waals surface area (Å²) < 4.78 is 5.63. The molecule has 3 rings (SSSR count). The zero-order chi connectivity index (χ0) is 16.6. The molecule has 0 saturated heterocycles. The molecule has 0 spiro atoms. The van der Waals surface area contributed by atoms with Gasteiger partial charge >= 0.3 is 11.9 Å². The normalized spacial score (nSPS) is 19.2. The van der Waals surface area contributed by atoms with Crippen LogP contribution >= 0.6 is 0 Å². The van der Waals surface area contributed by atoms with Crippen molar-refractivity contribution in [3.05, 3.63) is 42.0 Å². The van der Waals surface area contributed by atoms with Gasteiger partial charge in [0, 0.05) is 19.1 Å². The predicted octanol–water partition coefficient (Wildman–Crippen LogP) is 1.58. The third kappa shape index (κ3) is 3.13. The van der Waals surface area contributed by atoms with Crippen LogP contribution in [0.2, 0.25) is 0 Å². The Bertz CT molecular complexity index is 729. The lowest BCUT2D eigenvalue weighted by molar-refractivity contribution is -0.147. The number of hydrogen-bond donors (Lipinski definition) is 2. The molecule has 0 aliphatic heterocycles. The summed E-state index contributed by atoms with van der Waals surface area (Å²) in [6.07, 6.45) is 0.620. The Morgan fingerprint density at radius 3 is 2.26 bits per heavy atom. The molecule has 2 aromatic rings. The lowest BCUT2D eigenvalue weighted by atomic mass is 10.1. The predicted molar refractivity (Wildman–Crippen MR) is 77.9 cm³/mol. The number of ether oxygens (including phenoxy) is 1. The minimum absolute atomic E-state index is 0.00808. The van der Waals surface area contributed by atoms with Gasteiger partial charge < -0.3 is 19.8 Å². The Balaban J connectivity index is 1.62. The van der Waals surface area contributed by atoms with E-state index in [1.54, 1.807) is 24.3 Å². The Kier molecular flexibility index (Phi) is 3.69. The Labute approximate surface area is 131 Å². The Hall–Kier alpha value is -2.96. The van der Waals surface area contributed by atoms with E-state index in [-0.39, 0.29) is 23.6 Å². The van der Waals surface area contributed by atoms with Crippen molar-refractivity contribution < 1.29 is 29.4 Å². The Morgan fingerprint density at radius 2 is 1.70 bits per heavy atom. The zero-order valence-corrected chi connectivity index (χ0v) is 12.3. The van der Waals surface area contributed by atoms with Crippen LogP contribution in [0, 0.1) is 5.92 Å². The van der Waals surface area contributed by atoms with Crippen LogP contribution in [0.4, 0.5) is 0 Å². The molecule has 1 heterocycles. The van der Waals surface area contributed by atoms with Gasteiger partial charge in [0.1, 0.15) is 5.75 Å². The molecule has 7 nitrogen and oxygen atoms in total. The fourth-order valence-corrected chi connectivity index (χ4v) is 2.43. The lowest BCUT2D eigenvalue weighted by Gasteiger charge is -2.07. The van der Waals surface area contributed by atoms with Crippen LogP contribution in [0.15, 0.2) is 36.4 Å². The van der Waals surface area contributed by atoms with Crippen LogP contribution in [0.3, 0.4) is 0 Å². The third-order valence-electron chi connectivity index (χ3n) is 3.64. The highest BCUT2D eigenvalue weighted by Crippen LogP contribution is 2.48. The van der Waals surface area contributed by atoms with Gasteiger partial charge in [0.15, 0.2) is 0 Å². The summed E-state index contributed by atoms with van der Waals surface area (Å²) in [5.41, 5.74) is 0.934. The molecule has 1 fully saturated rings. The van der Waals surface area contributed by atoms with Crippen molar-refractivity contribution in [2.45, 2.75) is 19.3 Å². The molecule has 0 amide bonds. The van der Waals surface area contributed by atoms with E-state index < -0.39 is 11.9 Å². The first-order valence-electron chi connectivity index (χ1n) is 7.06. The van der Waals surface area contributed by atoms with Gasteiger partial charge in [-0.2, -0.15) is 0 Å². The molecule has 2 N–H and O–H groups in total. The first-order chi connectivity index (χ1) is 11.0. The maximum absolute atomic E-state index is 12.0. The smallest absolute Gasteiger partial charge is 0.336 e. The van der Waals surface area contributed by atoms with Crippen molar-refractivity contribution in [1.29, 1.82) is 0 Å². The molecule has 2 unspecified atom stereocenters. The van der Waals surface area contributed by atoms with Crippen molar-refractivity contribution in [3.63, 3.8) is 0 Å². The van der Waals surface area contributed by atoms with Gasteiger partial charge in [-0.05, 0) is 30.0 Å². The van der Waals surface area contributed by atoms with Crippen LogP contribution in [0.1, 0.15) is 24.8 Å². The zero-order valence-electron chi connectivity index (χ0n) is 12.3. The van der Waals surface area contributed by atoms with Gasteiger partial charge in [0.2, 0.25) is 11.8 Å². The standard InChI is InChI=1S/C16H15NO6/c1-9(18)22-11-4-2-10(3-5-11)12-8-13(12)16(21)23-17-14(19)6-7-15(17)20/h2-7,12-13,19-20H,8H2,1H3. The summed E-state index contributed by atoms with van der Waals surface area (Å²) in [6, 6.07) is 9.37. The molecule has 1 aliphatic carbocycles. The van der Waals surface area contributed by atoms with E-state index in [0.717, 1.165) is 5.56 Å². The average Bonchev–Trinajstić information content (AvgIpc) is 3.24. The Morgan fingerprint density at radius 1 is 1.09 bits per heavy atom. The summed E-state index contributed by atoms with van der Waals surface area (Å²) in [6.45, 7) is 1.33. The van der Waals surface area contributed by atoms with E-state index in [1.165, 1.54) is 19.1 Å². The van der Waals surface area contributed by atoms with Gasteiger partial charge in [-0.25, -0.2) is 4.79 Å². The number of hydrogen-bond acceptors (Lipinski definition) is 6. The van der Waals surface area contributed by atoms with Gasteiger partial charge in [0.05, 0.1) is 5.92 Å². The lowest BCUT2D eigenvalue weighted by Crippen LogP contribution is -2.21. The number of aromatic hydroxyl groups is 2. The highest BCUT2D eigenvalue weighted by atomic mass is 16.7. The molecule has 7 heteroatoms. The third-order valence-corrected chi connectivity index (χ3v) is 3.64. The molecule has 0 radical (unpaired) electrons. The highest BCUT2D eigenvalue weighted by Gasteiger charge is 2.46. The van der Waals surface area contributed by atoms with E-state index >= 15 is 0 Å². The summed E-state index contributed by atoms with van der Waals surface area (Å²) >= 11 is 0. The molecule has 1 aliphatic rings. The minimum atomic E-state index is -0.527. The second-order valence-electron chi connectivity index (χ2n) is 5.37. The molecule has 1 aromatic heterocycles. The van der Waals surface area contributed by atoms with E-state index in [4.69, 9.17) is 9.57 Å². The maximum Gasteiger partial charge on any atom is 0.336 e. The van der Waals surface area contributed by atoms with E-state index in [2.05, 4.69) is 0 Å². The molecule has 0 bridgehead atoms. The second kappa shape index (κ2) is 5.68. The number of esters is 1. The van der Waals surface area contributed by atoms with Crippen molar-refractivity contribution in [1.82, 2.24) is 4.73 Å². The van der Waals surface area contributed by atoms with Crippen LogP contribution < -0.4 is 9.57 Å². The largest absolute Gasteiger partial charge is 0.492 e. The first kappa shape index (κ1) is 15.0. The number of carbonyl (C=O) groups is 2. The molecule has 1 saturated carbocycles. The molecular weight excluding hydrogens is 302 g/mol. The molecule has 120 valence electrons. The van der Waals surface area contributed by atoms with Crippen LogP contribution in [-0.2, 0) is 9.59 Å². The van der Waals surface area contributed by atoms with Crippen molar-refractivity contribution in [2.75, 3.05) is 0 Å². The summed E-state index contributed by atoms with van der Waals surface area (Å²) in [4.78, 5) is 27.9. The number of benzene rings is 1. The topological polar surface area (TPSA) is 98.0 Å². The molecule has 23 heavy (non-hydrogen) atoms. The van der Waals surface area contributed by atoms with Gasteiger partial charge in [-0.1, -0.05) is 12.1 Å². The number of aromatic nitrogens is 1. The van der Waals surface area contributed by atoms with Gasteiger partial charge in [-0.3, -0.25) is 4.79 Å². The van der Waals surface area contributed by atoms with Gasteiger partial charge in [0.25, 0.3) is 0 Å².